The predicted octanol–water partition coefficient (Wildman–Crippen LogP) is 4.78. The Hall–Kier alpha value is -8.14. The fraction of sp³-hybridized carbons (Fsp3) is 0.136. The van der Waals surface area contributed by atoms with Crippen molar-refractivity contribution in [2.45, 2.75) is 39.5 Å². The summed E-state index contributed by atoms with van der Waals surface area (Å²) in [7, 11) is 0. The van der Waals surface area contributed by atoms with Crippen LogP contribution in [0.3, 0.4) is 0 Å². The van der Waals surface area contributed by atoms with E-state index in [2.05, 4.69) is 40.3 Å². The third-order valence-corrected chi connectivity index (χ3v) is 10.7. The second-order valence-electron chi connectivity index (χ2n) is 14.5. The highest BCUT2D eigenvalue weighted by Gasteiger charge is 2.35. The number of hydrogen-bond donors (Lipinski definition) is 4. The summed E-state index contributed by atoms with van der Waals surface area (Å²) in [5.41, 5.74) is 2.83. The number of nitrogens with one attached hydrogen (secondary N) is 4. The summed E-state index contributed by atoms with van der Waals surface area (Å²) < 4.78 is 5.43. The molecule has 0 saturated heterocycles. The van der Waals surface area contributed by atoms with Gasteiger partial charge in [0.25, 0.3) is 22.2 Å². The molecule has 0 bridgehead atoms. The molecule has 1 aromatic carbocycles. The summed E-state index contributed by atoms with van der Waals surface area (Å²) in [6.45, 7) is 7.12. The molecule has 60 heavy (non-hydrogen) atoms. The second kappa shape index (κ2) is 15.0. The van der Waals surface area contributed by atoms with E-state index in [4.69, 9.17) is 0 Å². The topological polar surface area (TPSA) is 203 Å². The Labute approximate surface area is 340 Å². The van der Waals surface area contributed by atoms with Crippen LogP contribution >= 0.6 is 0 Å². The van der Waals surface area contributed by atoms with Crippen LogP contribution in [0.2, 0.25) is 0 Å². The van der Waals surface area contributed by atoms with Gasteiger partial charge >= 0.3 is 0 Å². The Bertz CT molecular complexity index is 2830. The molecule has 0 atom stereocenters. The molecule has 0 aliphatic carbocycles. The Balaban J connectivity index is 1.31. The maximum Gasteiger partial charge on any atom is 0.277 e. The first-order valence-corrected chi connectivity index (χ1v) is 19.1. The molecule has 0 aliphatic heterocycles. The molecule has 0 unspecified atom stereocenters. The van der Waals surface area contributed by atoms with Crippen molar-refractivity contribution in [3.63, 3.8) is 0 Å². The van der Waals surface area contributed by atoms with Crippen LogP contribution in [0.5, 0.6) is 0 Å². The maximum absolute atomic E-state index is 14.6. The fourth-order valence-corrected chi connectivity index (χ4v) is 8.06. The quantitative estimate of drug-likeness (QED) is 0.151. The number of pyridine rings is 4. The van der Waals surface area contributed by atoms with E-state index in [9.17, 15) is 19.2 Å². The zero-order valence-corrected chi connectivity index (χ0v) is 32.9. The van der Waals surface area contributed by atoms with Crippen molar-refractivity contribution in [2.24, 2.45) is 0 Å². The van der Waals surface area contributed by atoms with Gasteiger partial charge in [0.2, 0.25) is 0 Å². The lowest BCUT2D eigenvalue weighted by Crippen LogP contribution is -2.27. The van der Waals surface area contributed by atoms with Crippen LogP contribution in [0.1, 0.15) is 68.0 Å². The molecule has 4 N–H and O–H groups in total. The molecule has 0 amide bonds. The fourth-order valence-electron chi connectivity index (χ4n) is 8.06. The molecule has 0 spiro atoms. The largest absolute Gasteiger partial charge is 0.294 e. The molecule has 9 aromatic rings. The minimum Gasteiger partial charge on any atom is -0.294 e. The predicted molar refractivity (Wildman–Crippen MR) is 224 cm³/mol. The summed E-state index contributed by atoms with van der Waals surface area (Å²) in [6, 6.07) is 28.4. The lowest BCUT2D eigenvalue weighted by Gasteiger charge is -2.20. The molecule has 0 saturated carbocycles. The van der Waals surface area contributed by atoms with Gasteiger partial charge in [-0.05, 0) is 87.4 Å². The van der Waals surface area contributed by atoms with Crippen LogP contribution in [0.25, 0.3) is 23.3 Å². The van der Waals surface area contributed by atoms with E-state index in [-0.39, 0.29) is 0 Å². The number of rotatable bonds is 10. The Kier molecular flexibility index (Phi) is 9.35. The van der Waals surface area contributed by atoms with Crippen molar-refractivity contribution >= 4 is 0 Å². The summed E-state index contributed by atoms with van der Waals surface area (Å²) >= 11 is 0. The van der Waals surface area contributed by atoms with Gasteiger partial charge in [-0.15, -0.1) is 0 Å². The number of aromatic nitrogens is 12. The van der Waals surface area contributed by atoms with Gasteiger partial charge in [0, 0.05) is 59.4 Å². The number of benzene rings is 1. The average Bonchev–Trinajstić information content (AvgIpc) is 3.95. The molecule has 9 rings (SSSR count). The van der Waals surface area contributed by atoms with Crippen molar-refractivity contribution in [1.29, 1.82) is 0 Å². The third-order valence-electron chi connectivity index (χ3n) is 10.7. The van der Waals surface area contributed by atoms with Crippen LogP contribution in [0.15, 0.2) is 141 Å². The van der Waals surface area contributed by atoms with Crippen LogP contribution in [0, 0.1) is 27.7 Å². The molecular formula is C44H38N12O4. The van der Waals surface area contributed by atoms with E-state index in [1.54, 1.807) is 125 Å². The standard InChI is InChI=1S/C44H38N12O4/c1-25-35(41(57)53(49-25)31-16-5-9-20-45-31)39(36-26(2)50-54(42(36)58)32-17-6-10-21-46-32)29-14-13-15-30(24-29)40(37-27(3)51-55(43(37)59)33-18-7-11-22-47-33)38-28(4)52-56(44(38)60)34-19-8-12-23-48-34/h5-24,39-40,49-52H,1-4H3. The van der Waals surface area contributed by atoms with Crippen molar-refractivity contribution in [3.8, 4) is 23.3 Å². The van der Waals surface area contributed by atoms with Gasteiger partial charge in [0.05, 0.1) is 22.3 Å². The van der Waals surface area contributed by atoms with Crippen LogP contribution in [-0.4, -0.2) is 59.1 Å². The number of aromatic amines is 4. The van der Waals surface area contributed by atoms with Gasteiger partial charge < -0.3 is 0 Å². The van der Waals surface area contributed by atoms with E-state index in [0.717, 1.165) is 0 Å². The highest BCUT2D eigenvalue weighted by molar-refractivity contribution is 5.52. The van der Waals surface area contributed by atoms with Crippen LogP contribution in [0.4, 0.5) is 0 Å². The summed E-state index contributed by atoms with van der Waals surface area (Å²) in [5.74, 6) is -0.382. The number of nitrogens with zero attached hydrogens (tertiary/aromatic N) is 8. The summed E-state index contributed by atoms with van der Waals surface area (Å²) in [6.07, 6.45) is 6.37. The second-order valence-corrected chi connectivity index (χ2v) is 14.5. The molecule has 8 aromatic heterocycles. The third kappa shape index (κ3) is 6.26. The van der Waals surface area contributed by atoms with Gasteiger partial charge in [0.1, 0.15) is 0 Å². The molecule has 0 radical (unpaired) electrons. The minimum atomic E-state index is -0.942. The Morgan fingerprint density at radius 1 is 0.383 bits per heavy atom. The molecule has 8 heterocycles. The van der Waals surface area contributed by atoms with Crippen LogP contribution < -0.4 is 22.2 Å². The normalized spacial score (nSPS) is 11.6. The lowest BCUT2D eigenvalue weighted by atomic mass is 9.80. The van der Waals surface area contributed by atoms with Crippen molar-refractivity contribution < 1.29 is 0 Å². The maximum atomic E-state index is 14.6. The van der Waals surface area contributed by atoms with E-state index in [0.29, 0.717) is 79.4 Å². The lowest BCUT2D eigenvalue weighted by molar-refractivity contribution is 0.802. The zero-order chi connectivity index (χ0) is 41.7. The smallest absolute Gasteiger partial charge is 0.277 e. The molecule has 298 valence electrons. The van der Waals surface area contributed by atoms with Crippen molar-refractivity contribution in [3.05, 3.63) is 219 Å². The Morgan fingerprint density at radius 2 is 0.650 bits per heavy atom. The van der Waals surface area contributed by atoms with E-state index >= 15 is 0 Å². The van der Waals surface area contributed by atoms with E-state index in [1.807, 2.05) is 24.3 Å². The molecule has 0 fully saturated rings. The van der Waals surface area contributed by atoms with E-state index in [1.165, 1.54) is 18.7 Å². The molecule has 16 nitrogen and oxygen atoms in total. The molecular weight excluding hydrogens is 761 g/mol. The van der Waals surface area contributed by atoms with Crippen molar-refractivity contribution in [2.75, 3.05) is 0 Å². The molecule has 16 heteroatoms. The van der Waals surface area contributed by atoms with Gasteiger partial charge in [-0.25, -0.2) is 38.7 Å². The van der Waals surface area contributed by atoms with Crippen LogP contribution in [-0.2, 0) is 0 Å². The monoisotopic (exact) mass is 798 g/mol. The first-order valence-electron chi connectivity index (χ1n) is 19.1. The minimum absolute atomic E-state index is 0.312. The van der Waals surface area contributed by atoms with E-state index < -0.39 is 34.1 Å². The van der Waals surface area contributed by atoms with Gasteiger partial charge in [-0.3, -0.25) is 39.6 Å². The summed E-state index contributed by atoms with van der Waals surface area (Å²) in [4.78, 5) is 76.2. The number of hydrogen-bond acceptors (Lipinski definition) is 8. The molecule has 0 aliphatic rings. The van der Waals surface area contributed by atoms with Gasteiger partial charge in [-0.2, -0.15) is 0 Å². The highest BCUT2D eigenvalue weighted by atomic mass is 16.2. The Morgan fingerprint density at radius 3 is 0.883 bits per heavy atom. The first-order chi connectivity index (χ1) is 29.1. The van der Waals surface area contributed by atoms with Gasteiger partial charge in [-0.1, -0.05) is 48.5 Å². The van der Waals surface area contributed by atoms with Crippen molar-refractivity contribution in [1.82, 2.24) is 59.1 Å². The first kappa shape index (κ1) is 37.4. The average molecular weight is 799 g/mol. The van der Waals surface area contributed by atoms with Gasteiger partial charge in [0.15, 0.2) is 23.3 Å². The summed E-state index contributed by atoms with van der Waals surface area (Å²) in [5, 5.41) is 12.7. The highest BCUT2D eigenvalue weighted by Crippen LogP contribution is 2.37. The number of aryl methyl sites for hydroxylation is 4. The SMILES string of the molecule is Cc1[nH]n(-c2ccccn2)c(=O)c1C(c1cccc(C(c2c(C)[nH]n(-c3ccccn3)c2=O)c2c(C)[nH]n(-c3ccccn3)c2=O)c1)c1c(C)[nH]n(-c2ccccn2)c1=O. The number of H-pyrrole nitrogens is 4. The zero-order valence-electron chi connectivity index (χ0n) is 32.9.